The number of carbonyl (C=O) groups is 2. The second-order valence-electron chi connectivity index (χ2n) is 4.24. The predicted molar refractivity (Wildman–Crippen MR) is 79.2 cm³/mol. The molecule has 19 heavy (non-hydrogen) atoms. The van der Waals surface area contributed by atoms with Crippen LogP contribution in [0.2, 0.25) is 0 Å². The number of phenols is 1. The minimum absolute atomic E-state index is 0.0909. The van der Waals surface area contributed by atoms with Crippen molar-refractivity contribution in [3.8, 4) is 5.75 Å². The van der Waals surface area contributed by atoms with Gasteiger partial charge >= 0.3 is 5.97 Å². The molecule has 0 saturated carbocycles. The van der Waals surface area contributed by atoms with E-state index in [1.54, 1.807) is 26.0 Å². The molecule has 0 bridgehead atoms. The molecule has 0 aliphatic rings. The fourth-order valence-corrected chi connectivity index (χ4v) is 2.11. The highest BCUT2D eigenvalue weighted by Crippen LogP contribution is 2.21. The topological polar surface area (TPSA) is 77.8 Å². The van der Waals surface area contributed by atoms with Crippen molar-refractivity contribution in [2.75, 3.05) is 13.1 Å². The molecule has 0 heterocycles. The number of phenolic OH excluding ortho intramolecular Hbond substituents is 1. The molecule has 0 aliphatic carbocycles. The first-order valence-electron chi connectivity index (χ1n) is 5.87. The van der Waals surface area contributed by atoms with Gasteiger partial charge in [0.2, 0.25) is 0 Å². The van der Waals surface area contributed by atoms with E-state index in [1.165, 1.54) is 11.0 Å². The maximum Gasteiger partial charge on any atom is 0.308 e. The number of aliphatic carboxylic acids is 1. The molecular formula is C13H16INO4. The number of carbonyl (C=O) groups excluding carboxylic acids is 1. The van der Waals surface area contributed by atoms with Crippen molar-refractivity contribution in [3.05, 3.63) is 27.3 Å². The molecule has 5 nitrogen and oxygen atoms in total. The highest BCUT2D eigenvalue weighted by molar-refractivity contribution is 14.1. The Morgan fingerprint density at radius 2 is 2.05 bits per heavy atom. The maximum absolute atomic E-state index is 12.3. The van der Waals surface area contributed by atoms with Crippen LogP contribution in [0.25, 0.3) is 0 Å². The lowest BCUT2D eigenvalue weighted by Crippen LogP contribution is -2.36. The van der Waals surface area contributed by atoms with Gasteiger partial charge in [0.25, 0.3) is 5.91 Å². The summed E-state index contributed by atoms with van der Waals surface area (Å²) in [5.41, 5.74) is 0.200. The van der Waals surface area contributed by atoms with E-state index < -0.39 is 11.9 Å². The predicted octanol–water partition coefficient (Wildman–Crippen LogP) is 2.18. The van der Waals surface area contributed by atoms with Gasteiger partial charge in [0.1, 0.15) is 5.75 Å². The molecule has 6 heteroatoms. The number of rotatable bonds is 5. The summed E-state index contributed by atoms with van der Waals surface area (Å²) in [5.74, 6) is -2.04. The lowest BCUT2D eigenvalue weighted by Gasteiger charge is -2.23. The number of hydrogen-bond donors (Lipinski definition) is 2. The molecule has 1 aromatic rings. The van der Waals surface area contributed by atoms with Crippen LogP contribution in [-0.2, 0) is 4.79 Å². The largest absolute Gasteiger partial charge is 0.507 e. The van der Waals surface area contributed by atoms with Gasteiger partial charge < -0.3 is 15.1 Å². The van der Waals surface area contributed by atoms with Gasteiger partial charge in [-0.25, -0.2) is 0 Å². The Hall–Kier alpha value is -1.31. The van der Waals surface area contributed by atoms with Gasteiger partial charge in [-0.3, -0.25) is 9.59 Å². The van der Waals surface area contributed by atoms with Gasteiger partial charge in [-0.15, -0.1) is 0 Å². The average molecular weight is 377 g/mol. The normalized spacial score (nSPS) is 11.9. The van der Waals surface area contributed by atoms with Crippen molar-refractivity contribution in [1.82, 2.24) is 4.90 Å². The summed E-state index contributed by atoms with van der Waals surface area (Å²) < 4.78 is 0.834. The van der Waals surface area contributed by atoms with Crippen LogP contribution in [0.1, 0.15) is 24.2 Å². The number of nitrogens with zero attached hydrogens (tertiary/aromatic N) is 1. The first-order valence-corrected chi connectivity index (χ1v) is 6.95. The minimum atomic E-state index is -0.946. The summed E-state index contributed by atoms with van der Waals surface area (Å²) in [6.07, 6.45) is 0. The molecule has 0 aromatic heterocycles. The molecule has 0 saturated heterocycles. The van der Waals surface area contributed by atoms with Crippen LogP contribution in [0.5, 0.6) is 5.75 Å². The van der Waals surface area contributed by atoms with Crippen molar-refractivity contribution < 1.29 is 19.8 Å². The van der Waals surface area contributed by atoms with E-state index >= 15 is 0 Å². The molecule has 0 radical (unpaired) electrons. The summed E-state index contributed by atoms with van der Waals surface area (Å²) in [6, 6.07) is 4.75. The van der Waals surface area contributed by atoms with Crippen LogP contribution in [0.4, 0.5) is 0 Å². The molecule has 1 unspecified atom stereocenters. The van der Waals surface area contributed by atoms with Crippen molar-refractivity contribution in [2.45, 2.75) is 13.8 Å². The molecule has 1 atom stereocenters. The zero-order chi connectivity index (χ0) is 14.6. The quantitative estimate of drug-likeness (QED) is 0.772. The van der Waals surface area contributed by atoms with E-state index in [-0.39, 0.29) is 23.8 Å². The van der Waals surface area contributed by atoms with E-state index in [0.29, 0.717) is 6.54 Å². The first kappa shape index (κ1) is 15.7. The Labute approximate surface area is 125 Å². The summed E-state index contributed by atoms with van der Waals surface area (Å²) in [5, 5.41) is 18.6. The lowest BCUT2D eigenvalue weighted by molar-refractivity contribution is -0.141. The van der Waals surface area contributed by atoms with Crippen molar-refractivity contribution in [3.63, 3.8) is 0 Å². The Kier molecular flexibility index (Phi) is 5.59. The Morgan fingerprint density at radius 3 is 2.58 bits per heavy atom. The number of carboxylic acids is 1. The van der Waals surface area contributed by atoms with Crippen LogP contribution in [0, 0.1) is 9.49 Å². The SMILES string of the molecule is CCN(CC(C)C(=O)O)C(=O)c1cc(I)ccc1O. The van der Waals surface area contributed by atoms with Crippen LogP contribution >= 0.6 is 22.6 Å². The zero-order valence-corrected chi connectivity index (χ0v) is 12.9. The Bertz CT molecular complexity index is 490. The fraction of sp³-hybridized carbons (Fsp3) is 0.385. The van der Waals surface area contributed by atoms with Crippen LogP contribution in [0.3, 0.4) is 0 Å². The number of aromatic hydroxyl groups is 1. The molecule has 0 aliphatic heterocycles. The van der Waals surface area contributed by atoms with Gasteiger partial charge in [0, 0.05) is 16.7 Å². The van der Waals surface area contributed by atoms with Crippen molar-refractivity contribution >= 4 is 34.5 Å². The molecule has 2 N–H and O–H groups in total. The highest BCUT2D eigenvalue weighted by atomic mass is 127. The van der Waals surface area contributed by atoms with Gasteiger partial charge in [-0.1, -0.05) is 6.92 Å². The summed E-state index contributed by atoms with van der Waals surface area (Å²) in [7, 11) is 0. The Balaban J connectivity index is 2.95. The standard InChI is InChI=1S/C13H16INO4/c1-3-15(7-8(2)13(18)19)12(17)10-6-9(14)4-5-11(10)16/h4-6,8,16H,3,7H2,1-2H3,(H,18,19). The smallest absolute Gasteiger partial charge is 0.308 e. The van der Waals surface area contributed by atoms with Crippen LogP contribution in [-0.4, -0.2) is 40.1 Å². The summed E-state index contributed by atoms with van der Waals surface area (Å²) >= 11 is 2.05. The molecular weight excluding hydrogens is 361 g/mol. The molecule has 1 aromatic carbocycles. The van der Waals surface area contributed by atoms with Gasteiger partial charge in [0.05, 0.1) is 11.5 Å². The summed E-state index contributed by atoms with van der Waals surface area (Å²) in [6.45, 7) is 3.83. The van der Waals surface area contributed by atoms with Gasteiger partial charge in [-0.05, 0) is 47.7 Å². The lowest BCUT2D eigenvalue weighted by atomic mass is 10.1. The minimum Gasteiger partial charge on any atom is -0.507 e. The first-order chi connectivity index (χ1) is 8.86. The third-order valence-corrected chi connectivity index (χ3v) is 3.44. The summed E-state index contributed by atoms with van der Waals surface area (Å²) in [4.78, 5) is 24.5. The molecule has 1 amide bonds. The van der Waals surface area contributed by atoms with E-state index in [0.717, 1.165) is 3.57 Å². The molecule has 104 valence electrons. The average Bonchev–Trinajstić information content (AvgIpc) is 2.37. The molecule has 0 spiro atoms. The molecule has 0 fully saturated rings. The highest BCUT2D eigenvalue weighted by Gasteiger charge is 2.22. The number of halogens is 1. The third kappa shape index (κ3) is 4.09. The van der Waals surface area contributed by atoms with E-state index in [4.69, 9.17) is 5.11 Å². The zero-order valence-electron chi connectivity index (χ0n) is 10.8. The number of carboxylic acid groups (broad SMARTS) is 1. The monoisotopic (exact) mass is 377 g/mol. The second kappa shape index (κ2) is 6.74. The number of hydrogen-bond acceptors (Lipinski definition) is 3. The number of benzene rings is 1. The fourth-order valence-electron chi connectivity index (χ4n) is 1.61. The van der Waals surface area contributed by atoms with E-state index in [9.17, 15) is 14.7 Å². The Morgan fingerprint density at radius 1 is 1.42 bits per heavy atom. The van der Waals surface area contributed by atoms with Crippen molar-refractivity contribution in [1.29, 1.82) is 0 Å². The molecule has 1 rings (SSSR count). The van der Waals surface area contributed by atoms with Gasteiger partial charge in [-0.2, -0.15) is 0 Å². The second-order valence-corrected chi connectivity index (χ2v) is 5.49. The van der Waals surface area contributed by atoms with Crippen molar-refractivity contribution in [2.24, 2.45) is 5.92 Å². The maximum atomic E-state index is 12.3. The van der Waals surface area contributed by atoms with Crippen LogP contribution < -0.4 is 0 Å². The van der Waals surface area contributed by atoms with E-state index in [1.807, 2.05) is 0 Å². The van der Waals surface area contributed by atoms with Crippen LogP contribution in [0.15, 0.2) is 18.2 Å². The third-order valence-electron chi connectivity index (χ3n) is 2.77. The van der Waals surface area contributed by atoms with E-state index in [2.05, 4.69) is 22.6 Å². The van der Waals surface area contributed by atoms with Gasteiger partial charge in [0.15, 0.2) is 0 Å². The number of amides is 1.